The maximum Gasteiger partial charge on any atom is 0.256 e. The van der Waals surface area contributed by atoms with E-state index in [0.717, 1.165) is 11.0 Å². The Kier molecular flexibility index (Phi) is 3.24. The molecular formula is C17H14N6O. The van der Waals surface area contributed by atoms with Crippen LogP contribution in [-0.4, -0.2) is 26.1 Å². The Morgan fingerprint density at radius 1 is 1.08 bits per heavy atom. The third-order valence-corrected chi connectivity index (χ3v) is 3.64. The maximum absolute atomic E-state index is 12.2. The van der Waals surface area contributed by atoms with Gasteiger partial charge in [-0.15, -0.1) is 0 Å². The number of imidazole rings is 1. The molecule has 0 saturated heterocycles. The van der Waals surface area contributed by atoms with E-state index in [4.69, 9.17) is 5.73 Å². The number of nitrogens with zero attached hydrogens (tertiary/aromatic N) is 2. The van der Waals surface area contributed by atoms with Crippen LogP contribution in [0.1, 0.15) is 10.4 Å². The molecule has 0 aliphatic rings. The van der Waals surface area contributed by atoms with Gasteiger partial charge in [0, 0.05) is 17.3 Å². The van der Waals surface area contributed by atoms with Gasteiger partial charge in [0.05, 0.1) is 11.0 Å². The first-order valence-electron chi connectivity index (χ1n) is 7.36. The lowest BCUT2D eigenvalue weighted by molar-refractivity contribution is 0.102. The van der Waals surface area contributed by atoms with E-state index >= 15 is 0 Å². The van der Waals surface area contributed by atoms with Crippen molar-refractivity contribution in [3.05, 3.63) is 60.2 Å². The van der Waals surface area contributed by atoms with E-state index in [0.29, 0.717) is 28.6 Å². The highest BCUT2D eigenvalue weighted by Crippen LogP contribution is 2.20. The second kappa shape index (κ2) is 5.54. The number of benzene rings is 2. The summed E-state index contributed by atoms with van der Waals surface area (Å²) in [6.07, 6.45) is 0. The molecule has 1 amide bonds. The average Bonchev–Trinajstić information content (AvgIpc) is 3.21. The lowest BCUT2D eigenvalue weighted by atomic mass is 10.2. The zero-order chi connectivity index (χ0) is 16.5. The standard InChI is InChI=1S/C17H14N6O/c18-11-7-5-10(6-8-11)17(24)21-15-9-14(22-23-15)16-19-12-3-1-2-4-13(12)20-16/h1-9H,18H2,(H,19,20)(H2,21,22,23,24). The Morgan fingerprint density at radius 2 is 1.88 bits per heavy atom. The number of para-hydroxylation sites is 2. The Bertz CT molecular complexity index is 982. The zero-order valence-electron chi connectivity index (χ0n) is 12.6. The lowest BCUT2D eigenvalue weighted by Crippen LogP contribution is -2.12. The summed E-state index contributed by atoms with van der Waals surface area (Å²) in [5, 5.41) is 9.71. The number of nitrogen functional groups attached to an aromatic ring is 1. The third kappa shape index (κ3) is 2.58. The normalized spacial score (nSPS) is 10.8. The number of aromatic nitrogens is 4. The van der Waals surface area contributed by atoms with Crippen LogP contribution in [0, 0.1) is 0 Å². The average molecular weight is 318 g/mol. The molecule has 24 heavy (non-hydrogen) atoms. The fourth-order valence-corrected chi connectivity index (χ4v) is 2.41. The van der Waals surface area contributed by atoms with Crippen LogP contribution in [0.3, 0.4) is 0 Å². The number of hydrogen-bond acceptors (Lipinski definition) is 4. The van der Waals surface area contributed by atoms with Gasteiger partial charge >= 0.3 is 0 Å². The molecule has 0 spiro atoms. The molecule has 2 heterocycles. The largest absolute Gasteiger partial charge is 0.399 e. The number of carbonyl (C=O) groups excluding carboxylic acids is 1. The van der Waals surface area contributed by atoms with Crippen molar-refractivity contribution in [3.8, 4) is 11.5 Å². The van der Waals surface area contributed by atoms with Crippen LogP contribution in [0.5, 0.6) is 0 Å². The van der Waals surface area contributed by atoms with Crippen LogP contribution in [0.2, 0.25) is 0 Å². The molecule has 4 aromatic rings. The molecule has 0 bridgehead atoms. The summed E-state index contributed by atoms with van der Waals surface area (Å²) in [5.74, 6) is 0.835. The van der Waals surface area contributed by atoms with Crippen molar-refractivity contribution < 1.29 is 4.79 Å². The molecule has 0 unspecified atom stereocenters. The predicted octanol–water partition coefficient (Wildman–Crippen LogP) is 2.79. The molecule has 0 aliphatic heterocycles. The summed E-state index contributed by atoms with van der Waals surface area (Å²) in [6.45, 7) is 0. The molecule has 0 aliphatic carbocycles. The van der Waals surface area contributed by atoms with Crippen LogP contribution in [0.15, 0.2) is 54.6 Å². The van der Waals surface area contributed by atoms with E-state index in [-0.39, 0.29) is 5.91 Å². The van der Waals surface area contributed by atoms with Crippen LogP contribution >= 0.6 is 0 Å². The summed E-state index contributed by atoms with van der Waals surface area (Å²) >= 11 is 0. The summed E-state index contributed by atoms with van der Waals surface area (Å²) in [6, 6.07) is 16.2. The van der Waals surface area contributed by atoms with Gasteiger partial charge in [-0.3, -0.25) is 9.89 Å². The first-order valence-corrected chi connectivity index (χ1v) is 7.36. The molecule has 118 valence electrons. The van der Waals surface area contributed by atoms with Crippen LogP contribution < -0.4 is 11.1 Å². The number of aromatic amines is 2. The number of nitrogens with one attached hydrogen (secondary N) is 3. The smallest absolute Gasteiger partial charge is 0.256 e. The van der Waals surface area contributed by atoms with Gasteiger partial charge in [-0.1, -0.05) is 12.1 Å². The van der Waals surface area contributed by atoms with Gasteiger partial charge in [0.25, 0.3) is 5.91 Å². The zero-order valence-corrected chi connectivity index (χ0v) is 12.6. The summed E-state index contributed by atoms with van der Waals surface area (Å²) < 4.78 is 0. The van der Waals surface area contributed by atoms with E-state index in [1.807, 2.05) is 24.3 Å². The number of anilines is 2. The van der Waals surface area contributed by atoms with Gasteiger partial charge in [-0.05, 0) is 36.4 Å². The van der Waals surface area contributed by atoms with Crippen molar-refractivity contribution in [1.29, 1.82) is 0 Å². The first-order chi connectivity index (χ1) is 11.7. The van der Waals surface area contributed by atoms with Crippen LogP contribution in [-0.2, 0) is 0 Å². The summed E-state index contributed by atoms with van der Waals surface area (Å²) in [4.78, 5) is 19.9. The van der Waals surface area contributed by atoms with Gasteiger partial charge in [-0.25, -0.2) is 4.98 Å². The molecule has 7 heteroatoms. The molecule has 0 fully saturated rings. The molecule has 5 N–H and O–H groups in total. The minimum atomic E-state index is -0.252. The Morgan fingerprint density at radius 3 is 2.67 bits per heavy atom. The van der Waals surface area contributed by atoms with E-state index in [1.165, 1.54) is 0 Å². The number of rotatable bonds is 3. The van der Waals surface area contributed by atoms with Crippen molar-refractivity contribution in [3.63, 3.8) is 0 Å². The minimum absolute atomic E-state index is 0.252. The van der Waals surface area contributed by atoms with Crippen molar-refractivity contribution in [1.82, 2.24) is 20.2 Å². The molecule has 2 aromatic carbocycles. The van der Waals surface area contributed by atoms with Crippen molar-refractivity contribution in [2.75, 3.05) is 11.1 Å². The minimum Gasteiger partial charge on any atom is -0.399 e. The second-order valence-corrected chi connectivity index (χ2v) is 5.35. The highest BCUT2D eigenvalue weighted by molar-refractivity contribution is 6.04. The van der Waals surface area contributed by atoms with E-state index in [9.17, 15) is 4.79 Å². The topological polar surface area (TPSA) is 112 Å². The second-order valence-electron chi connectivity index (χ2n) is 5.35. The maximum atomic E-state index is 12.2. The fourth-order valence-electron chi connectivity index (χ4n) is 2.41. The molecular weight excluding hydrogens is 304 g/mol. The molecule has 0 atom stereocenters. The molecule has 4 rings (SSSR count). The Labute approximate surface area is 136 Å². The van der Waals surface area contributed by atoms with Crippen LogP contribution in [0.25, 0.3) is 22.6 Å². The van der Waals surface area contributed by atoms with Gasteiger partial charge in [0.1, 0.15) is 5.69 Å². The van der Waals surface area contributed by atoms with Gasteiger partial charge in [0.2, 0.25) is 0 Å². The Hall–Kier alpha value is -3.61. The monoisotopic (exact) mass is 318 g/mol. The van der Waals surface area contributed by atoms with E-state index in [2.05, 4.69) is 25.5 Å². The molecule has 2 aromatic heterocycles. The molecule has 0 saturated carbocycles. The highest BCUT2D eigenvalue weighted by atomic mass is 16.1. The highest BCUT2D eigenvalue weighted by Gasteiger charge is 2.11. The quantitative estimate of drug-likeness (QED) is 0.435. The Balaban J connectivity index is 1.56. The third-order valence-electron chi connectivity index (χ3n) is 3.64. The SMILES string of the molecule is Nc1ccc(C(=O)Nc2cc(-c3nc4ccccc4[nH]3)[nH]n2)cc1. The van der Waals surface area contributed by atoms with Crippen molar-refractivity contribution in [2.24, 2.45) is 0 Å². The van der Waals surface area contributed by atoms with Crippen molar-refractivity contribution in [2.45, 2.75) is 0 Å². The number of carbonyl (C=O) groups is 1. The first kappa shape index (κ1) is 14.0. The number of H-pyrrole nitrogens is 2. The molecule has 7 nitrogen and oxygen atoms in total. The summed E-state index contributed by atoms with van der Waals surface area (Å²) in [7, 11) is 0. The van der Waals surface area contributed by atoms with Gasteiger partial charge in [0.15, 0.2) is 11.6 Å². The van der Waals surface area contributed by atoms with E-state index in [1.54, 1.807) is 30.3 Å². The number of amides is 1. The number of fused-ring (bicyclic) bond motifs is 1. The van der Waals surface area contributed by atoms with Gasteiger partial charge < -0.3 is 16.0 Å². The predicted molar refractivity (Wildman–Crippen MR) is 92.5 cm³/mol. The van der Waals surface area contributed by atoms with Crippen molar-refractivity contribution >= 4 is 28.4 Å². The summed E-state index contributed by atoms with van der Waals surface area (Å²) in [5.41, 5.74) is 9.24. The number of hydrogen-bond donors (Lipinski definition) is 4. The van der Waals surface area contributed by atoms with E-state index < -0.39 is 0 Å². The lowest BCUT2D eigenvalue weighted by Gasteiger charge is -2.01. The van der Waals surface area contributed by atoms with Gasteiger partial charge in [-0.2, -0.15) is 5.10 Å². The fraction of sp³-hybridized carbons (Fsp3) is 0. The van der Waals surface area contributed by atoms with Crippen LogP contribution in [0.4, 0.5) is 11.5 Å². The molecule has 0 radical (unpaired) electrons. The number of nitrogens with two attached hydrogens (primary N) is 1.